The molecule has 0 amide bonds. The standard InChI is InChI=1S/C14H14N2O5/c1-8-6-15-11(10(3)13(8)16(18)19)7-20-14(17)12-5-4-9(2)21-12/h4-6H,7H2,1-3H3. The van der Waals surface area contributed by atoms with Gasteiger partial charge in [-0.25, -0.2) is 4.79 Å². The van der Waals surface area contributed by atoms with Gasteiger partial charge in [-0.1, -0.05) is 0 Å². The second-order valence-corrected chi connectivity index (χ2v) is 4.61. The Morgan fingerprint density at radius 2 is 2.10 bits per heavy atom. The van der Waals surface area contributed by atoms with E-state index in [2.05, 4.69) is 4.98 Å². The summed E-state index contributed by atoms with van der Waals surface area (Å²) in [6.07, 6.45) is 1.39. The van der Waals surface area contributed by atoms with Gasteiger partial charge in [0.1, 0.15) is 12.4 Å². The normalized spacial score (nSPS) is 10.4. The Morgan fingerprint density at radius 3 is 2.67 bits per heavy atom. The third-order valence-electron chi connectivity index (χ3n) is 3.04. The zero-order valence-electron chi connectivity index (χ0n) is 11.9. The molecule has 0 radical (unpaired) electrons. The summed E-state index contributed by atoms with van der Waals surface area (Å²) in [4.78, 5) is 26.4. The lowest BCUT2D eigenvalue weighted by Crippen LogP contribution is -2.08. The summed E-state index contributed by atoms with van der Waals surface area (Å²) in [7, 11) is 0. The molecule has 0 aliphatic rings. The second-order valence-electron chi connectivity index (χ2n) is 4.61. The molecular formula is C14H14N2O5. The first kappa shape index (κ1) is 14.7. The molecule has 0 saturated carbocycles. The summed E-state index contributed by atoms with van der Waals surface area (Å²) in [6, 6.07) is 3.16. The van der Waals surface area contributed by atoms with Gasteiger partial charge in [0, 0.05) is 11.8 Å². The number of hydrogen-bond acceptors (Lipinski definition) is 6. The quantitative estimate of drug-likeness (QED) is 0.488. The van der Waals surface area contributed by atoms with E-state index in [1.165, 1.54) is 12.3 Å². The molecule has 0 atom stereocenters. The van der Waals surface area contributed by atoms with Crippen molar-refractivity contribution in [1.29, 1.82) is 0 Å². The number of ether oxygens (including phenoxy) is 1. The highest BCUT2D eigenvalue weighted by atomic mass is 16.6. The highest BCUT2D eigenvalue weighted by Crippen LogP contribution is 2.24. The molecule has 110 valence electrons. The molecule has 2 aromatic heterocycles. The molecule has 0 spiro atoms. The predicted molar refractivity (Wildman–Crippen MR) is 72.9 cm³/mol. The number of aryl methyl sites for hydroxylation is 2. The Bertz CT molecular complexity index is 705. The average Bonchev–Trinajstić information content (AvgIpc) is 2.84. The van der Waals surface area contributed by atoms with E-state index >= 15 is 0 Å². The van der Waals surface area contributed by atoms with Crippen LogP contribution in [-0.4, -0.2) is 15.9 Å². The van der Waals surface area contributed by atoms with Crippen molar-refractivity contribution in [3.63, 3.8) is 0 Å². The molecule has 7 nitrogen and oxygen atoms in total. The molecule has 0 unspecified atom stereocenters. The van der Waals surface area contributed by atoms with Crippen LogP contribution in [0.1, 0.15) is 33.1 Å². The third kappa shape index (κ3) is 3.07. The zero-order chi connectivity index (χ0) is 15.6. The van der Waals surface area contributed by atoms with Gasteiger partial charge in [-0.2, -0.15) is 0 Å². The SMILES string of the molecule is Cc1ccc(C(=O)OCc2ncc(C)c([N+](=O)[O-])c2C)o1. The fourth-order valence-electron chi connectivity index (χ4n) is 1.94. The van der Waals surface area contributed by atoms with Crippen molar-refractivity contribution in [2.75, 3.05) is 0 Å². The highest BCUT2D eigenvalue weighted by Gasteiger charge is 2.20. The molecule has 2 heterocycles. The van der Waals surface area contributed by atoms with Crippen molar-refractivity contribution >= 4 is 11.7 Å². The van der Waals surface area contributed by atoms with Gasteiger partial charge in [0.15, 0.2) is 0 Å². The van der Waals surface area contributed by atoms with E-state index in [9.17, 15) is 14.9 Å². The van der Waals surface area contributed by atoms with E-state index in [-0.39, 0.29) is 18.1 Å². The molecular weight excluding hydrogens is 276 g/mol. The fourth-order valence-corrected chi connectivity index (χ4v) is 1.94. The van der Waals surface area contributed by atoms with Crippen LogP contribution in [0.25, 0.3) is 0 Å². The van der Waals surface area contributed by atoms with Crippen LogP contribution in [0.3, 0.4) is 0 Å². The lowest BCUT2D eigenvalue weighted by Gasteiger charge is -2.07. The molecule has 0 aliphatic heterocycles. The van der Waals surface area contributed by atoms with Gasteiger partial charge >= 0.3 is 5.97 Å². The smallest absolute Gasteiger partial charge is 0.374 e. The number of rotatable bonds is 4. The van der Waals surface area contributed by atoms with Crippen LogP contribution >= 0.6 is 0 Å². The lowest BCUT2D eigenvalue weighted by molar-refractivity contribution is -0.386. The van der Waals surface area contributed by atoms with Crippen LogP contribution < -0.4 is 0 Å². The van der Waals surface area contributed by atoms with Gasteiger partial charge in [-0.3, -0.25) is 15.1 Å². The second kappa shape index (κ2) is 5.74. The van der Waals surface area contributed by atoms with Gasteiger partial charge in [-0.15, -0.1) is 0 Å². The first-order valence-corrected chi connectivity index (χ1v) is 6.23. The Balaban J connectivity index is 2.15. The van der Waals surface area contributed by atoms with Crippen LogP contribution in [-0.2, 0) is 11.3 Å². The van der Waals surface area contributed by atoms with E-state index in [1.54, 1.807) is 26.8 Å². The Morgan fingerprint density at radius 1 is 1.38 bits per heavy atom. The van der Waals surface area contributed by atoms with E-state index in [4.69, 9.17) is 9.15 Å². The third-order valence-corrected chi connectivity index (χ3v) is 3.04. The number of esters is 1. The zero-order valence-corrected chi connectivity index (χ0v) is 11.9. The summed E-state index contributed by atoms with van der Waals surface area (Å²) in [5, 5.41) is 11.0. The topological polar surface area (TPSA) is 95.5 Å². The molecule has 2 rings (SSSR count). The van der Waals surface area contributed by atoms with E-state index in [0.717, 1.165) is 0 Å². The molecule has 7 heteroatoms. The number of pyridine rings is 1. The minimum absolute atomic E-state index is 0.00936. The molecule has 0 fully saturated rings. The molecule has 2 aromatic rings. The maximum absolute atomic E-state index is 11.8. The largest absolute Gasteiger partial charge is 0.454 e. The van der Waals surface area contributed by atoms with E-state index in [1.807, 2.05) is 0 Å². The monoisotopic (exact) mass is 290 g/mol. The lowest BCUT2D eigenvalue weighted by atomic mass is 10.1. The van der Waals surface area contributed by atoms with Gasteiger partial charge in [-0.05, 0) is 32.9 Å². The van der Waals surface area contributed by atoms with Crippen molar-refractivity contribution in [2.45, 2.75) is 27.4 Å². The Kier molecular flexibility index (Phi) is 4.02. The van der Waals surface area contributed by atoms with Crippen molar-refractivity contribution < 1.29 is 18.9 Å². The van der Waals surface area contributed by atoms with Crippen molar-refractivity contribution in [1.82, 2.24) is 4.98 Å². The molecule has 0 N–H and O–H groups in total. The number of nitro groups is 1. The van der Waals surface area contributed by atoms with Crippen molar-refractivity contribution in [3.05, 3.63) is 56.8 Å². The van der Waals surface area contributed by atoms with Crippen LogP contribution in [0.2, 0.25) is 0 Å². The van der Waals surface area contributed by atoms with Crippen LogP contribution in [0.15, 0.2) is 22.7 Å². The minimum Gasteiger partial charge on any atom is -0.454 e. The number of aromatic nitrogens is 1. The van der Waals surface area contributed by atoms with E-state index < -0.39 is 10.9 Å². The summed E-state index contributed by atoms with van der Waals surface area (Å²) >= 11 is 0. The van der Waals surface area contributed by atoms with Crippen molar-refractivity contribution in [2.24, 2.45) is 0 Å². The fraction of sp³-hybridized carbons (Fsp3) is 0.286. The van der Waals surface area contributed by atoms with E-state index in [0.29, 0.717) is 22.6 Å². The van der Waals surface area contributed by atoms with Crippen LogP contribution in [0.4, 0.5) is 5.69 Å². The molecule has 21 heavy (non-hydrogen) atoms. The first-order valence-electron chi connectivity index (χ1n) is 6.23. The van der Waals surface area contributed by atoms with Gasteiger partial charge in [0.2, 0.25) is 5.76 Å². The molecule has 0 aromatic carbocycles. The predicted octanol–water partition coefficient (Wildman–Crippen LogP) is 2.87. The number of furan rings is 1. The molecule has 0 aliphatic carbocycles. The summed E-state index contributed by atoms with van der Waals surface area (Å²) in [5.41, 5.74) is 1.20. The number of carbonyl (C=O) groups excluding carboxylic acids is 1. The number of hydrogen-bond donors (Lipinski definition) is 0. The minimum atomic E-state index is -0.632. The average molecular weight is 290 g/mol. The van der Waals surface area contributed by atoms with Crippen molar-refractivity contribution in [3.8, 4) is 0 Å². The summed E-state index contributed by atoms with van der Waals surface area (Å²) in [5.74, 6) is 0.0570. The molecule has 0 saturated heterocycles. The summed E-state index contributed by atoms with van der Waals surface area (Å²) in [6.45, 7) is 4.76. The van der Waals surface area contributed by atoms with Gasteiger partial charge < -0.3 is 9.15 Å². The van der Waals surface area contributed by atoms with Gasteiger partial charge in [0.05, 0.1) is 16.2 Å². The Hall–Kier alpha value is -2.70. The Labute approximate surface area is 120 Å². The summed E-state index contributed by atoms with van der Waals surface area (Å²) < 4.78 is 10.2. The maximum Gasteiger partial charge on any atom is 0.374 e. The van der Waals surface area contributed by atoms with Gasteiger partial charge in [0.25, 0.3) is 5.69 Å². The van der Waals surface area contributed by atoms with Crippen LogP contribution in [0, 0.1) is 30.9 Å². The highest BCUT2D eigenvalue weighted by molar-refractivity contribution is 5.86. The van der Waals surface area contributed by atoms with Crippen LogP contribution in [0.5, 0.6) is 0 Å². The number of carbonyl (C=O) groups is 1. The maximum atomic E-state index is 11.8. The number of nitrogens with zero attached hydrogens (tertiary/aromatic N) is 2. The molecule has 0 bridgehead atoms. The first-order chi connectivity index (χ1) is 9.90.